The van der Waals surface area contributed by atoms with E-state index in [1.165, 1.54) is 82.8 Å². The first kappa shape index (κ1) is 21.2. The lowest BCUT2D eigenvalue weighted by Gasteiger charge is -2.39. The molecule has 0 bridgehead atoms. The molecule has 0 N–H and O–H groups in total. The van der Waals surface area contributed by atoms with Crippen molar-refractivity contribution in [1.29, 1.82) is 0 Å². The van der Waals surface area contributed by atoms with Crippen molar-refractivity contribution in [2.24, 2.45) is 0 Å². The second-order valence-electron chi connectivity index (χ2n) is 7.64. The fraction of sp³-hybridized carbons (Fsp3) is 0.857. The van der Waals surface area contributed by atoms with Gasteiger partial charge in [0.1, 0.15) is 0 Å². The molecule has 2 nitrogen and oxygen atoms in total. The predicted molar refractivity (Wildman–Crippen MR) is 116 cm³/mol. The van der Waals surface area contributed by atoms with Gasteiger partial charge >= 0.3 is 0 Å². The Kier molecular flexibility index (Phi) is 10.5. The first-order chi connectivity index (χ1) is 12.2. The fourth-order valence-electron chi connectivity index (χ4n) is 3.70. The van der Waals surface area contributed by atoms with E-state index in [0.717, 1.165) is 11.8 Å². The summed E-state index contributed by atoms with van der Waals surface area (Å²) < 4.78 is 2.66. The van der Waals surface area contributed by atoms with E-state index >= 15 is 0 Å². The van der Waals surface area contributed by atoms with Crippen LogP contribution >= 0.6 is 23.5 Å². The third kappa shape index (κ3) is 8.43. The minimum atomic E-state index is 0.374. The molecule has 25 heavy (non-hydrogen) atoms. The Morgan fingerprint density at radius 3 is 2.32 bits per heavy atom. The topological polar surface area (TPSA) is 17.8 Å². The van der Waals surface area contributed by atoms with E-state index in [9.17, 15) is 0 Å². The lowest BCUT2D eigenvalue weighted by molar-refractivity contribution is 0.518. The van der Waals surface area contributed by atoms with Crippen LogP contribution < -0.4 is 0 Å². The van der Waals surface area contributed by atoms with Crippen LogP contribution in [0.25, 0.3) is 0 Å². The molecule has 1 fully saturated rings. The van der Waals surface area contributed by atoms with Gasteiger partial charge in [-0.25, -0.2) is 4.98 Å². The standard InChI is InChI=1S/C21H38N2S2/c1-3-4-5-6-7-8-9-10-11-12-14-21(18-23-16-15-22-19-23)24-17-13-20(2)25-21/h15-16,19-20H,3-14,17-18H2,1-2H3. The molecule has 0 aliphatic carbocycles. The Morgan fingerprint density at radius 2 is 1.72 bits per heavy atom. The second kappa shape index (κ2) is 12.3. The molecule has 1 aliphatic rings. The van der Waals surface area contributed by atoms with Crippen LogP contribution in [0.1, 0.15) is 90.9 Å². The Hall–Kier alpha value is -0.0900. The van der Waals surface area contributed by atoms with Crippen molar-refractivity contribution in [3.8, 4) is 0 Å². The zero-order valence-corrected chi connectivity index (χ0v) is 18.1. The summed E-state index contributed by atoms with van der Waals surface area (Å²) in [4.78, 5) is 4.24. The highest BCUT2D eigenvalue weighted by atomic mass is 32.2. The second-order valence-corrected chi connectivity index (χ2v) is 11.2. The molecule has 1 aromatic heterocycles. The Labute approximate surface area is 164 Å². The van der Waals surface area contributed by atoms with Gasteiger partial charge in [0.15, 0.2) is 0 Å². The molecule has 4 heteroatoms. The highest BCUT2D eigenvalue weighted by Gasteiger charge is 2.36. The van der Waals surface area contributed by atoms with Crippen LogP contribution in [0.15, 0.2) is 18.7 Å². The third-order valence-corrected chi connectivity index (χ3v) is 8.54. The summed E-state index contributed by atoms with van der Waals surface area (Å²) in [6.45, 7) is 5.82. The minimum Gasteiger partial charge on any atom is -0.335 e. The summed E-state index contributed by atoms with van der Waals surface area (Å²) in [6, 6.07) is 0. The van der Waals surface area contributed by atoms with E-state index in [2.05, 4.69) is 53.1 Å². The summed E-state index contributed by atoms with van der Waals surface area (Å²) in [5.41, 5.74) is 0. The molecular formula is C21H38N2S2. The maximum Gasteiger partial charge on any atom is 0.0946 e. The molecule has 1 aliphatic heterocycles. The van der Waals surface area contributed by atoms with Crippen molar-refractivity contribution in [3.05, 3.63) is 18.7 Å². The zero-order chi connectivity index (χ0) is 17.8. The summed E-state index contributed by atoms with van der Waals surface area (Å²) in [7, 11) is 0. The molecule has 2 heterocycles. The van der Waals surface area contributed by atoms with Crippen LogP contribution in [0, 0.1) is 0 Å². The van der Waals surface area contributed by atoms with Crippen LogP contribution in [0.3, 0.4) is 0 Å². The molecule has 2 atom stereocenters. The molecule has 144 valence electrons. The van der Waals surface area contributed by atoms with Crippen LogP contribution in [-0.2, 0) is 6.54 Å². The number of hydrogen-bond donors (Lipinski definition) is 0. The summed E-state index contributed by atoms with van der Waals surface area (Å²) in [5.74, 6) is 1.32. The van der Waals surface area contributed by atoms with Gasteiger partial charge in [0.2, 0.25) is 0 Å². The molecule has 0 amide bonds. The zero-order valence-electron chi connectivity index (χ0n) is 16.4. The lowest BCUT2D eigenvalue weighted by atomic mass is 10.0. The molecular weight excluding hydrogens is 344 g/mol. The van der Waals surface area contributed by atoms with Crippen molar-refractivity contribution in [2.75, 3.05) is 5.75 Å². The van der Waals surface area contributed by atoms with Crippen molar-refractivity contribution in [2.45, 2.75) is 107 Å². The number of hydrogen-bond acceptors (Lipinski definition) is 3. The van der Waals surface area contributed by atoms with Crippen LogP contribution in [0.4, 0.5) is 0 Å². The number of rotatable bonds is 13. The summed E-state index contributed by atoms with van der Waals surface area (Å²) in [5, 5.41) is 0.799. The molecule has 0 radical (unpaired) electrons. The SMILES string of the molecule is CCCCCCCCCCCCC1(Cn2ccnc2)SCCC(C)S1. The molecule has 0 aromatic carbocycles. The fourth-order valence-corrected chi connectivity index (χ4v) is 7.70. The van der Waals surface area contributed by atoms with Crippen molar-refractivity contribution in [3.63, 3.8) is 0 Å². The molecule has 1 saturated heterocycles. The lowest BCUT2D eigenvalue weighted by Crippen LogP contribution is -2.33. The normalized spacial score (nSPS) is 23.8. The maximum absolute atomic E-state index is 4.24. The van der Waals surface area contributed by atoms with Crippen LogP contribution in [0.5, 0.6) is 0 Å². The Morgan fingerprint density at radius 1 is 1.04 bits per heavy atom. The van der Waals surface area contributed by atoms with Crippen molar-refractivity contribution < 1.29 is 0 Å². The van der Waals surface area contributed by atoms with Crippen LogP contribution in [-0.4, -0.2) is 24.6 Å². The Bertz CT molecular complexity index is 435. The quantitative estimate of drug-likeness (QED) is 0.337. The van der Waals surface area contributed by atoms with Gasteiger partial charge in [-0.15, -0.1) is 23.5 Å². The number of aromatic nitrogens is 2. The molecule has 0 saturated carbocycles. The van der Waals surface area contributed by atoms with E-state index in [0.29, 0.717) is 4.08 Å². The first-order valence-electron chi connectivity index (χ1n) is 10.5. The van der Waals surface area contributed by atoms with Gasteiger partial charge in [-0.2, -0.15) is 0 Å². The molecule has 0 spiro atoms. The van der Waals surface area contributed by atoms with Crippen LogP contribution in [0.2, 0.25) is 0 Å². The smallest absolute Gasteiger partial charge is 0.0946 e. The Balaban J connectivity index is 1.63. The van der Waals surface area contributed by atoms with E-state index in [4.69, 9.17) is 0 Å². The number of nitrogens with zero attached hydrogens (tertiary/aromatic N) is 2. The maximum atomic E-state index is 4.24. The van der Waals surface area contributed by atoms with Crippen molar-refractivity contribution in [1.82, 2.24) is 9.55 Å². The highest BCUT2D eigenvalue weighted by molar-refractivity contribution is 8.19. The van der Waals surface area contributed by atoms with Gasteiger partial charge in [-0.05, 0) is 18.6 Å². The first-order valence-corrected chi connectivity index (χ1v) is 12.4. The van der Waals surface area contributed by atoms with Gasteiger partial charge in [0.25, 0.3) is 0 Å². The van der Waals surface area contributed by atoms with Gasteiger partial charge in [-0.1, -0.05) is 78.1 Å². The average molecular weight is 383 g/mol. The van der Waals surface area contributed by atoms with Gasteiger partial charge < -0.3 is 4.57 Å². The van der Waals surface area contributed by atoms with E-state index in [1.54, 1.807) is 0 Å². The summed E-state index contributed by atoms with van der Waals surface area (Å²) >= 11 is 4.43. The van der Waals surface area contributed by atoms with E-state index in [-0.39, 0.29) is 0 Å². The third-order valence-electron chi connectivity index (χ3n) is 5.20. The number of unbranched alkanes of at least 4 members (excludes halogenated alkanes) is 9. The van der Waals surface area contributed by atoms with Crippen molar-refractivity contribution >= 4 is 23.5 Å². The van der Waals surface area contributed by atoms with Gasteiger partial charge in [0, 0.05) is 24.2 Å². The summed E-state index contributed by atoms with van der Waals surface area (Å²) in [6.07, 6.45) is 23.0. The molecule has 1 aromatic rings. The average Bonchev–Trinajstić information content (AvgIpc) is 3.09. The van der Waals surface area contributed by atoms with Gasteiger partial charge in [0.05, 0.1) is 10.4 Å². The van der Waals surface area contributed by atoms with E-state index < -0.39 is 0 Å². The van der Waals surface area contributed by atoms with E-state index in [1.807, 2.05) is 12.5 Å². The number of thioether (sulfide) groups is 2. The molecule has 2 unspecified atom stereocenters. The molecule has 2 rings (SSSR count). The largest absolute Gasteiger partial charge is 0.335 e. The van der Waals surface area contributed by atoms with Gasteiger partial charge in [-0.3, -0.25) is 0 Å². The number of imidazole rings is 1. The minimum absolute atomic E-state index is 0.374. The highest BCUT2D eigenvalue weighted by Crippen LogP contribution is 2.50. The monoisotopic (exact) mass is 382 g/mol. The predicted octanol–water partition coefficient (Wildman–Crippen LogP) is 7.15.